The van der Waals surface area contributed by atoms with E-state index in [0.717, 1.165) is 6.07 Å². The second kappa shape index (κ2) is 8.04. The first kappa shape index (κ1) is 18.1. The molecule has 0 unspecified atom stereocenters. The van der Waals surface area contributed by atoms with Crippen LogP contribution in [0.5, 0.6) is 5.75 Å². The summed E-state index contributed by atoms with van der Waals surface area (Å²) in [6.07, 6.45) is 0. The predicted molar refractivity (Wildman–Crippen MR) is 88.1 cm³/mol. The van der Waals surface area contributed by atoms with E-state index in [4.69, 9.17) is 10.5 Å². The van der Waals surface area contributed by atoms with Gasteiger partial charge in [-0.05, 0) is 24.3 Å². The van der Waals surface area contributed by atoms with Crippen molar-refractivity contribution in [1.82, 2.24) is 0 Å². The predicted octanol–water partition coefficient (Wildman–Crippen LogP) is 2.48. The van der Waals surface area contributed by atoms with Crippen molar-refractivity contribution in [2.75, 3.05) is 24.3 Å². The van der Waals surface area contributed by atoms with Gasteiger partial charge in [0.25, 0.3) is 0 Å². The molecule has 0 fully saturated rings. The summed E-state index contributed by atoms with van der Waals surface area (Å²) in [4.78, 5) is 15.5. The van der Waals surface area contributed by atoms with E-state index in [1.165, 1.54) is 7.11 Å². The molecule has 0 bridgehead atoms. The molecule has 0 aromatic heterocycles. The number of para-hydroxylation sites is 2. The first-order valence-corrected chi connectivity index (χ1v) is 7.05. The van der Waals surface area contributed by atoms with Gasteiger partial charge in [-0.2, -0.15) is 0 Å². The molecule has 6 nitrogen and oxygen atoms in total. The van der Waals surface area contributed by atoms with Gasteiger partial charge in [0.1, 0.15) is 12.3 Å². The topological polar surface area (TPSA) is 88.7 Å². The van der Waals surface area contributed by atoms with Crippen molar-refractivity contribution in [3.63, 3.8) is 0 Å². The van der Waals surface area contributed by atoms with Gasteiger partial charge in [-0.15, -0.1) is 0 Å². The van der Waals surface area contributed by atoms with Gasteiger partial charge in [-0.1, -0.05) is 12.1 Å². The molecule has 0 aliphatic carbocycles. The third kappa shape index (κ3) is 4.63. The number of aliphatic imine (C=N–C) groups is 1. The van der Waals surface area contributed by atoms with E-state index in [1.807, 2.05) is 0 Å². The highest BCUT2D eigenvalue weighted by Gasteiger charge is 2.15. The van der Waals surface area contributed by atoms with E-state index in [1.54, 1.807) is 24.3 Å². The Labute approximate surface area is 141 Å². The summed E-state index contributed by atoms with van der Waals surface area (Å²) in [7, 11) is 1.48. The Morgan fingerprint density at radius 2 is 1.80 bits per heavy atom. The number of guanidine groups is 1. The summed E-state index contributed by atoms with van der Waals surface area (Å²) in [6, 6.07) is 8.52. The number of hydrogen-bond donors (Lipinski definition) is 3. The Hall–Kier alpha value is -3.23. The average molecular weight is 352 g/mol. The molecule has 0 atom stereocenters. The number of nitrogens with zero attached hydrogens (tertiary/aromatic N) is 1. The minimum atomic E-state index is -1.67. The summed E-state index contributed by atoms with van der Waals surface area (Å²) >= 11 is 0. The molecule has 0 radical (unpaired) electrons. The van der Waals surface area contributed by atoms with Crippen LogP contribution in [-0.4, -0.2) is 25.5 Å². The van der Waals surface area contributed by atoms with Crippen molar-refractivity contribution in [2.24, 2.45) is 10.7 Å². The molecule has 2 aromatic rings. The molecule has 2 aromatic carbocycles. The van der Waals surface area contributed by atoms with Crippen LogP contribution >= 0.6 is 0 Å². The summed E-state index contributed by atoms with van der Waals surface area (Å²) in [5.41, 5.74) is 5.71. The van der Waals surface area contributed by atoms with E-state index >= 15 is 0 Å². The van der Waals surface area contributed by atoms with Crippen LogP contribution in [-0.2, 0) is 4.79 Å². The highest BCUT2D eigenvalue weighted by Crippen LogP contribution is 2.22. The number of methoxy groups -OCH3 is 1. The molecule has 0 saturated heterocycles. The lowest BCUT2D eigenvalue weighted by atomic mass is 10.2. The number of carbonyl (C=O) groups excluding carboxylic acids is 1. The van der Waals surface area contributed by atoms with Crippen molar-refractivity contribution >= 4 is 23.2 Å². The van der Waals surface area contributed by atoms with Crippen molar-refractivity contribution in [3.8, 4) is 5.75 Å². The molecule has 0 aliphatic heterocycles. The van der Waals surface area contributed by atoms with E-state index in [9.17, 15) is 18.0 Å². The summed E-state index contributed by atoms with van der Waals surface area (Å²) < 4.78 is 44.5. The molecule has 9 heteroatoms. The van der Waals surface area contributed by atoms with Crippen molar-refractivity contribution in [3.05, 3.63) is 53.8 Å². The van der Waals surface area contributed by atoms with Gasteiger partial charge in [0.15, 0.2) is 23.4 Å². The van der Waals surface area contributed by atoms with Crippen LogP contribution in [0.15, 0.2) is 41.4 Å². The fourth-order valence-corrected chi connectivity index (χ4v) is 1.89. The van der Waals surface area contributed by atoms with Crippen molar-refractivity contribution < 1.29 is 22.7 Å². The van der Waals surface area contributed by atoms with Gasteiger partial charge in [-0.25, -0.2) is 18.2 Å². The molecule has 1 amide bonds. The number of carbonyl (C=O) groups is 1. The zero-order valence-electron chi connectivity index (χ0n) is 13.1. The second-order valence-corrected chi connectivity index (χ2v) is 4.80. The summed E-state index contributed by atoms with van der Waals surface area (Å²) in [6.45, 7) is -0.452. The molecular formula is C16H15F3N4O2. The van der Waals surface area contributed by atoms with Gasteiger partial charge in [0.05, 0.1) is 18.5 Å². The Bertz CT molecular complexity index is 812. The third-order valence-corrected chi connectivity index (χ3v) is 3.07. The van der Waals surface area contributed by atoms with Crippen LogP contribution < -0.4 is 21.1 Å². The van der Waals surface area contributed by atoms with Gasteiger partial charge in [-0.3, -0.25) is 4.79 Å². The maximum absolute atomic E-state index is 13.5. The molecule has 132 valence electrons. The third-order valence-electron chi connectivity index (χ3n) is 3.07. The fourth-order valence-electron chi connectivity index (χ4n) is 1.89. The van der Waals surface area contributed by atoms with E-state index < -0.39 is 35.6 Å². The molecule has 2 rings (SSSR count). The quantitative estimate of drug-likeness (QED) is 0.438. The number of rotatable bonds is 5. The minimum Gasteiger partial charge on any atom is -0.495 e. The van der Waals surface area contributed by atoms with Gasteiger partial charge in [0, 0.05) is 0 Å². The van der Waals surface area contributed by atoms with Crippen LogP contribution in [0, 0.1) is 17.5 Å². The number of hydrogen-bond acceptors (Lipinski definition) is 3. The zero-order valence-corrected chi connectivity index (χ0v) is 13.1. The highest BCUT2D eigenvalue weighted by atomic mass is 19.2. The molecule has 25 heavy (non-hydrogen) atoms. The Kier molecular flexibility index (Phi) is 5.83. The molecule has 4 N–H and O–H groups in total. The molecule has 0 spiro atoms. The van der Waals surface area contributed by atoms with Crippen LogP contribution in [0.2, 0.25) is 0 Å². The van der Waals surface area contributed by atoms with Gasteiger partial charge < -0.3 is 21.1 Å². The van der Waals surface area contributed by atoms with Crippen LogP contribution in [0.4, 0.5) is 24.5 Å². The number of ether oxygens (including phenoxy) is 1. The SMILES string of the molecule is COc1ccccc1NC(N)=NCC(=O)Nc1ccc(F)c(F)c1F. The number of benzene rings is 2. The highest BCUT2D eigenvalue weighted by molar-refractivity contribution is 5.97. The summed E-state index contributed by atoms with van der Waals surface area (Å²) in [5.74, 6) is -4.82. The standard InChI is InChI=1S/C16H15F3N4O2/c1-25-12-5-3-2-4-10(12)23-16(20)21-8-13(24)22-11-7-6-9(17)14(18)15(11)19/h2-7H,8H2,1H3,(H,22,24)(H3,20,21,23). The normalized spacial score (nSPS) is 11.1. The number of halogens is 3. The minimum absolute atomic E-state index is 0.0783. The molecule has 0 saturated carbocycles. The first-order valence-electron chi connectivity index (χ1n) is 7.05. The van der Waals surface area contributed by atoms with E-state index in [2.05, 4.69) is 15.6 Å². The maximum Gasteiger partial charge on any atom is 0.246 e. The van der Waals surface area contributed by atoms with Gasteiger partial charge in [0.2, 0.25) is 5.91 Å². The molecule has 0 heterocycles. The maximum atomic E-state index is 13.5. The first-order chi connectivity index (χ1) is 11.9. The monoisotopic (exact) mass is 352 g/mol. The van der Waals surface area contributed by atoms with Crippen molar-refractivity contribution in [1.29, 1.82) is 0 Å². The van der Waals surface area contributed by atoms with Crippen molar-refractivity contribution in [2.45, 2.75) is 0 Å². The van der Waals surface area contributed by atoms with Crippen LogP contribution in [0.3, 0.4) is 0 Å². The smallest absolute Gasteiger partial charge is 0.246 e. The van der Waals surface area contributed by atoms with Crippen LogP contribution in [0.25, 0.3) is 0 Å². The number of nitrogens with two attached hydrogens (primary N) is 1. The number of amides is 1. The number of anilines is 2. The zero-order chi connectivity index (χ0) is 18.4. The number of nitrogens with one attached hydrogen (secondary N) is 2. The van der Waals surface area contributed by atoms with Crippen LogP contribution in [0.1, 0.15) is 0 Å². The largest absolute Gasteiger partial charge is 0.495 e. The van der Waals surface area contributed by atoms with E-state index in [-0.39, 0.29) is 5.96 Å². The Morgan fingerprint density at radius 1 is 1.08 bits per heavy atom. The fraction of sp³-hybridized carbons (Fsp3) is 0.125. The molecular weight excluding hydrogens is 337 g/mol. The Morgan fingerprint density at radius 3 is 2.52 bits per heavy atom. The lowest BCUT2D eigenvalue weighted by Crippen LogP contribution is -2.25. The lowest BCUT2D eigenvalue weighted by Gasteiger charge is -2.10. The Balaban J connectivity index is 1.99. The van der Waals surface area contributed by atoms with E-state index in [0.29, 0.717) is 17.5 Å². The lowest BCUT2D eigenvalue weighted by molar-refractivity contribution is -0.114. The summed E-state index contributed by atoms with van der Waals surface area (Å²) in [5, 5.41) is 4.83. The average Bonchev–Trinajstić information content (AvgIpc) is 2.61. The molecule has 0 aliphatic rings. The second-order valence-electron chi connectivity index (χ2n) is 4.80. The van der Waals surface area contributed by atoms with Gasteiger partial charge >= 0.3 is 0 Å².